The lowest BCUT2D eigenvalue weighted by Crippen LogP contribution is -2.02. The lowest BCUT2D eigenvalue weighted by atomic mass is 10.1. The molecular weight excluding hydrogens is 205 g/mol. The zero-order valence-corrected chi connectivity index (χ0v) is 8.89. The topological polar surface area (TPSA) is 33.1 Å². The fourth-order valence-corrected chi connectivity index (χ4v) is 1.53. The average Bonchev–Trinajstić information content (AvgIpc) is 2.29. The number of hydrogen-bond acceptors (Lipinski definition) is 2. The Morgan fingerprint density at radius 3 is 2.44 bits per heavy atom. The third kappa shape index (κ3) is 2.25. The number of aliphatic hydroxyl groups excluding tert-OH is 1. The van der Waals surface area contributed by atoms with Gasteiger partial charge in [0.15, 0.2) is 0 Å². The van der Waals surface area contributed by atoms with Crippen LogP contribution >= 0.6 is 0 Å². The molecule has 0 saturated carbocycles. The van der Waals surface area contributed by atoms with Gasteiger partial charge >= 0.3 is 0 Å². The normalized spacial score (nSPS) is 12.4. The molecule has 0 fully saturated rings. The summed E-state index contributed by atoms with van der Waals surface area (Å²) < 4.78 is 12.7. The fourth-order valence-electron chi connectivity index (χ4n) is 1.53. The van der Waals surface area contributed by atoms with Crippen molar-refractivity contribution < 1.29 is 9.50 Å². The first-order valence-electron chi connectivity index (χ1n) is 5.04. The van der Waals surface area contributed by atoms with E-state index >= 15 is 0 Å². The van der Waals surface area contributed by atoms with Crippen LogP contribution in [0, 0.1) is 12.7 Å². The van der Waals surface area contributed by atoms with Gasteiger partial charge in [0.1, 0.15) is 11.9 Å². The van der Waals surface area contributed by atoms with Gasteiger partial charge in [-0.05, 0) is 36.8 Å². The van der Waals surface area contributed by atoms with Gasteiger partial charge in [0.2, 0.25) is 0 Å². The summed E-state index contributed by atoms with van der Waals surface area (Å²) in [5.41, 5.74) is 2.06. The molecule has 1 aromatic heterocycles. The van der Waals surface area contributed by atoms with Gasteiger partial charge in [0.25, 0.3) is 0 Å². The van der Waals surface area contributed by atoms with Crippen LogP contribution in [0.15, 0.2) is 42.5 Å². The van der Waals surface area contributed by atoms with E-state index in [2.05, 4.69) is 4.98 Å². The fraction of sp³-hybridized carbons (Fsp3) is 0.154. The minimum atomic E-state index is -0.805. The van der Waals surface area contributed by atoms with E-state index in [9.17, 15) is 9.50 Å². The molecule has 0 radical (unpaired) electrons. The van der Waals surface area contributed by atoms with Gasteiger partial charge in [-0.25, -0.2) is 4.39 Å². The van der Waals surface area contributed by atoms with Crippen LogP contribution in [0.4, 0.5) is 4.39 Å². The van der Waals surface area contributed by atoms with E-state index in [1.54, 1.807) is 18.2 Å². The summed E-state index contributed by atoms with van der Waals surface area (Å²) in [5, 5.41) is 10.0. The quantitative estimate of drug-likeness (QED) is 0.838. The Kier molecular flexibility index (Phi) is 2.97. The van der Waals surface area contributed by atoms with Gasteiger partial charge in [-0.1, -0.05) is 18.2 Å². The van der Waals surface area contributed by atoms with E-state index in [1.807, 2.05) is 19.1 Å². The van der Waals surface area contributed by atoms with Crippen molar-refractivity contribution in [2.45, 2.75) is 13.0 Å². The molecule has 1 N–H and O–H groups in total. The molecule has 1 heterocycles. The molecule has 0 aliphatic rings. The Morgan fingerprint density at radius 2 is 1.81 bits per heavy atom. The molecule has 0 bridgehead atoms. The molecule has 2 rings (SSSR count). The third-order valence-electron chi connectivity index (χ3n) is 2.38. The van der Waals surface area contributed by atoms with Gasteiger partial charge < -0.3 is 5.11 Å². The summed E-state index contributed by atoms with van der Waals surface area (Å²) in [4.78, 5) is 4.23. The standard InChI is InChI=1S/C13H12FNO/c1-9-3-2-4-12(15-9)13(16)10-5-7-11(14)8-6-10/h2-8,13,16H,1H3. The van der Waals surface area contributed by atoms with Crippen molar-refractivity contribution in [3.63, 3.8) is 0 Å². The van der Waals surface area contributed by atoms with Gasteiger partial charge in [-0.15, -0.1) is 0 Å². The van der Waals surface area contributed by atoms with Crippen molar-refractivity contribution in [3.05, 3.63) is 65.2 Å². The van der Waals surface area contributed by atoms with Gasteiger partial charge in [-0.2, -0.15) is 0 Å². The highest BCUT2D eigenvalue weighted by Crippen LogP contribution is 2.20. The summed E-state index contributed by atoms with van der Waals surface area (Å²) in [6, 6.07) is 11.2. The highest BCUT2D eigenvalue weighted by molar-refractivity contribution is 5.26. The maximum atomic E-state index is 12.7. The number of aromatic nitrogens is 1. The Balaban J connectivity index is 2.31. The number of halogens is 1. The predicted molar refractivity (Wildman–Crippen MR) is 59.4 cm³/mol. The third-order valence-corrected chi connectivity index (χ3v) is 2.38. The maximum Gasteiger partial charge on any atom is 0.123 e. The van der Waals surface area contributed by atoms with Crippen molar-refractivity contribution in [3.8, 4) is 0 Å². The van der Waals surface area contributed by atoms with Gasteiger partial charge in [0, 0.05) is 5.69 Å². The van der Waals surface area contributed by atoms with Gasteiger partial charge in [-0.3, -0.25) is 4.98 Å². The van der Waals surface area contributed by atoms with Crippen molar-refractivity contribution in [2.24, 2.45) is 0 Å². The molecule has 1 atom stereocenters. The molecule has 82 valence electrons. The van der Waals surface area contributed by atoms with Crippen LogP contribution in [0.25, 0.3) is 0 Å². The molecular formula is C13H12FNO. The Bertz CT molecular complexity index is 482. The lowest BCUT2D eigenvalue weighted by Gasteiger charge is -2.10. The van der Waals surface area contributed by atoms with E-state index in [0.717, 1.165) is 5.69 Å². The number of nitrogens with zero attached hydrogens (tertiary/aromatic N) is 1. The maximum absolute atomic E-state index is 12.7. The second-order valence-electron chi connectivity index (χ2n) is 3.66. The predicted octanol–water partition coefficient (Wildman–Crippen LogP) is 2.61. The van der Waals surface area contributed by atoms with E-state index < -0.39 is 6.10 Å². The summed E-state index contributed by atoms with van der Waals surface area (Å²) in [6.45, 7) is 1.86. The monoisotopic (exact) mass is 217 g/mol. The first-order valence-corrected chi connectivity index (χ1v) is 5.04. The molecule has 0 saturated heterocycles. The Labute approximate surface area is 93.4 Å². The highest BCUT2D eigenvalue weighted by atomic mass is 19.1. The summed E-state index contributed by atoms with van der Waals surface area (Å²) in [7, 11) is 0. The van der Waals surface area contributed by atoms with Crippen LogP contribution in [0.2, 0.25) is 0 Å². The van der Waals surface area contributed by atoms with E-state index in [1.165, 1.54) is 12.1 Å². The average molecular weight is 217 g/mol. The zero-order valence-electron chi connectivity index (χ0n) is 8.89. The molecule has 2 aromatic rings. The van der Waals surface area contributed by atoms with Crippen LogP contribution < -0.4 is 0 Å². The second kappa shape index (κ2) is 4.41. The Morgan fingerprint density at radius 1 is 1.12 bits per heavy atom. The number of benzene rings is 1. The largest absolute Gasteiger partial charge is 0.382 e. The first kappa shape index (κ1) is 10.8. The van der Waals surface area contributed by atoms with Crippen molar-refractivity contribution in [1.29, 1.82) is 0 Å². The number of hydrogen-bond donors (Lipinski definition) is 1. The molecule has 0 aliphatic carbocycles. The van der Waals surface area contributed by atoms with Crippen LogP contribution in [0.1, 0.15) is 23.1 Å². The minimum Gasteiger partial charge on any atom is -0.382 e. The van der Waals surface area contributed by atoms with Crippen LogP contribution in [0.5, 0.6) is 0 Å². The number of rotatable bonds is 2. The Hall–Kier alpha value is -1.74. The first-order chi connectivity index (χ1) is 7.66. The zero-order chi connectivity index (χ0) is 11.5. The molecule has 0 aliphatic heterocycles. The van der Waals surface area contributed by atoms with E-state index in [0.29, 0.717) is 11.3 Å². The summed E-state index contributed by atoms with van der Waals surface area (Å²) >= 11 is 0. The lowest BCUT2D eigenvalue weighted by molar-refractivity contribution is 0.215. The van der Waals surface area contributed by atoms with Crippen molar-refractivity contribution in [1.82, 2.24) is 4.98 Å². The summed E-state index contributed by atoms with van der Waals surface area (Å²) in [6.07, 6.45) is -0.805. The number of aryl methyl sites for hydroxylation is 1. The highest BCUT2D eigenvalue weighted by Gasteiger charge is 2.11. The second-order valence-corrected chi connectivity index (χ2v) is 3.66. The molecule has 2 nitrogen and oxygen atoms in total. The van der Waals surface area contributed by atoms with Crippen molar-refractivity contribution in [2.75, 3.05) is 0 Å². The van der Waals surface area contributed by atoms with Crippen LogP contribution in [-0.2, 0) is 0 Å². The smallest absolute Gasteiger partial charge is 0.123 e. The molecule has 0 amide bonds. The molecule has 3 heteroatoms. The molecule has 0 spiro atoms. The molecule has 1 unspecified atom stereocenters. The number of pyridine rings is 1. The molecule has 1 aromatic carbocycles. The molecule has 16 heavy (non-hydrogen) atoms. The van der Waals surface area contributed by atoms with E-state index in [-0.39, 0.29) is 5.82 Å². The number of aliphatic hydroxyl groups is 1. The van der Waals surface area contributed by atoms with Gasteiger partial charge in [0.05, 0.1) is 5.69 Å². The SMILES string of the molecule is Cc1cccc(C(O)c2ccc(F)cc2)n1. The van der Waals surface area contributed by atoms with Crippen LogP contribution in [0.3, 0.4) is 0 Å². The van der Waals surface area contributed by atoms with Crippen molar-refractivity contribution >= 4 is 0 Å². The van der Waals surface area contributed by atoms with Crippen LogP contribution in [-0.4, -0.2) is 10.1 Å². The summed E-state index contributed by atoms with van der Waals surface area (Å²) in [5.74, 6) is -0.312. The van der Waals surface area contributed by atoms with E-state index in [4.69, 9.17) is 0 Å². The minimum absolute atomic E-state index is 0.312.